The number of sulfonamides is 1. The van der Waals surface area contributed by atoms with Crippen LogP contribution in [0.4, 0.5) is 0 Å². The van der Waals surface area contributed by atoms with Crippen LogP contribution in [-0.4, -0.2) is 39.0 Å². The molecule has 0 bridgehead atoms. The van der Waals surface area contributed by atoms with Gasteiger partial charge in [-0.3, -0.25) is 4.79 Å². The molecule has 2 rings (SSSR count). The zero-order valence-corrected chi connectivity index (χ0v) is 16.9. The third kappa shape index (κ3) is 5.79. The highest BCUT2D eigenvalue weighted by atomic mass is 32.2. The summed E-state index contributed by atoms with van der Waals surface area (Å²) in [7, 11) is -3.75. The van der Waals surface area contributed by atoms with Crippen molar-refractivity contribution in [1.29, 1.82) is 0 Å². The van der Waals surface area contributed by atoms with Crippen LogP contribution in [0.1, 0.15) is 45.6 Å². The Morgan fingerprint density at radius 3 is 2.50 bits per heavy atom. The van der Waals surface area contributed by atoms with Crippen molar-refractivity contribution in [3.8, 4) is 0 Å². The van der Waals surface area contributed by atoms with Crippen LogP contribution in [0.5, 0.6) is 0 Å². The summed E-state index contributed by atoms with van der Waals surface area (Å²) in [6.07, 6.45) is 2.35. The van der Waals surface area contributed by atoms with E-state index in [-0.39, 0.29) is 28.8 Å². The van der Waals surface area contributed by atoms with Crippen molar-refractivity contribution in [3.63, 3.8) is 0 Å². The van der Waals surface area contributed by atoms with Gasteiger partial charge in [0.15, 0.2) is 0 Å². The zero-order valence-electron chi connectivity index (χ0n) is 16.1. The summed E-state index contributed by atoms with van der Waals surface area (Å²) in [5.41, 5.74) is 0.985. The fourth-order valence-corrected chi connectivity index (χ4v) is 4.39. The third-order valence-electron chi connectivity index (χ3n) is 4.74. The predicted octanol–water partition coefficient (Wildman–Crippen LogP) is 1.94. The van der Waals surface area contributed by atoms with E-state index < -0.39 is 16.1 Å². The van der Waals surface area contributed by atoms with Crippen molar-refractivity contribution in [3.05, 3.63) is 29.8 Å². The maximum absolute atomic E-state index is 12.8. The van der Waals surface area contributed by atoms with Crippen molar-refractivity contribution in [2.45, 2.75) is 70.0 Å². The molecule has 1 aliphatic heterocycles. The first kappa shape index (κ1) is 20.9. The molecule has 1 amide bonds. The Kier molecular flexibility index (Phi) is 7.20. The lowest BCUT2D eigenvalue weighted by molar-refractivity contribution is -0.124. The number of aryl methyl sites for hydroxylation is 1. The summed E-state index contributed by atoms with van der Waals surface area (Å²) >= 11 is 0. The van der Waals surface area contributed by atoms with Gasteiger partial charge in [0, 0.05) is 12.1 Å². The van der Waals surface area contributed by atoms with Crippen LogP contribution in [0.3, 0.4) is 0 Å². The number of carbonyl (C=O) groups is 1. The Morgan fingerprint density at radius 2 is 1.92 bits per heavy atom. The summed E-state index contributed by atoms with van der Waals surface area (Å²) in [4.78, 5) is 13.0. The molecular formula is C19H31N3O3S. The highest BCUT2D eigenvalue weighted by Gasteiger charge is 2.30. The quantitative estimate of drug-likeness (QED) is 0.674. The van der Waals surface area contributed by atoms with Crippen molar-refractivity contribution < 1.29 is 13.2 Å². The second-order valence-corrected chi connectivity index (χ2v) is 9.33. The molecule has 0 aromatic heterocycles. The van der Waals surface area contributed by atoms with E-state index in [1.807, 2.05) is 27.7 Å². The van der Waals surface area contributed by atoms with Gasteiger partial charge in [-0.15, -0.1) is 0 Å². The first-order chi connectivity index (χ1) is 12.2. The number of rotatable bonds is 7. The van der Waals surface area contributed by atoms with E-state index in [0.717, 1.165) is 24.9 Å². The van der Waals surface area contributed by atoms with Gasteiger partial charge in [0.25, 0.3) is 0 Å². The van der Waals surface area contributed by atoms with Crippen molar-refractivity contribution in [2.24, 2.45) is 5.92 Å². The molecule has 3 N–H and O–H groups in total. The largest absolute Gasteiger partial charge is 0.350 e. The highest BCUT2D eigenvalue weighted by Crippen LogP contribution is 2.15. The van der Waals surface area contributed by atoms with E-state index in [1.165, 1.54) is 0 Å². The fraction of sp³-hybridized carbons (Fsp3) is 0.632. The number of amides is 1. The van der Waals surface area contributed by atoms with Gasteiger partial charge < -0.3 is 10.6 Å². The molecule has 1 fully saturated rings. The molecule has 1 heterocycles. The van der Waals surface area contributed by atoms with Gasteiger partial charge in [0.1, 0.15) is 6.04 Å². The normalized spacial score (nSPS) is 22.2. The minimum absolute atomic E-state index is 0.0230. The molecule has 1 aromatic rings. The van der Waals surface area contributed by atoms with Crippen molar-refractivity contribution in [1.82, 2.24) is 15.4 Å². The number of carbonyl (C=O) groups excluding carboxylic acids is 1. The third-order valence-corrected chi connectivity index (χ3v) is 6.23. The number of nitrogens with one attached hydrogen (secondary N) is 3. The lowest BCUT2D eigenvalue weighted by atomic mass is 9.98. The summed E-state index contributed by atoms with van der Waals surface area (Å²) in [5.74, 6) is -0.0664. The molecule has 3 unspecified atom stereocenters. The van der Waals surface area contributed by atoms with Crippen LogP contribution >= 0.6 is 0 Å². The average molecular weight is 382 g/mol. The van der Waals surface area contributed by atoms with E-state index in [1.54, 1.807) is 24.3 Å². The SMILES string of the molecule is Cc1ccc(S(=O)(=O)NC(CC(C)C)C(=O)NC2CCCNC2C)cc1. The first-order valence-corrected chi connectivity index (χ1v) is 10.8. The molecule has 1 aromatic carbocycles. The standard InChI is InChI=1S/C19H31N3O3S/c1-13(2)12-18(19(23)21-17-6-5-11-20-15(17)4)22-26(24,25)16-9-7-14(3)8-10-16/h7-10,13,15,17-18,20,22H,5-6,11-12H2,1-4H3,(H,21,23). The Labute approximate surface area is 157 Å². The Morgan fingerprint density at radius 1 is 1.27 bits per heavy atom. The fourth-order valence-electron chi connectivity index (χ4n) is 3.18. The summed E-state index contributed by atoms with van der Waals surface area (Å²) in [6.45, 7) is 8.84. The lowest BCUT2D eigenvalue weighted by Crippen LogP contribution is -2.56. The van der Waals surface area contributed by atoms with E-state index >= 15 is 0 Å². The second-order valence-electron chi connectivity index (χ2n) is 7.62. The first-order valence-electron chi connectivity index (χ1n) is 9.32. The molecule has 7 heteroatoms. The van der Waals surface area contributed by atoms with Crippen LogP contribution in [0.15, 0.2) is 29.2 Å². The molecule has 26 heavy (non-hydrogen) atoms. The van der Waals surface area contributed by atoms with Crippen LogP contribution < -0.4 is 15.4 Å². The smallest absolute Gasteiger partial charge is 0.241 e. The van der Waals surface area contributed by atoms with Gasteiger partial charge in [-0.05, 0) is 57.7 Å². The second kappa shape index (κ2) is 8.97. The molecule has 0 spiro atoms. The zero-order chi connectivity index (χ0) is 19.3. The van der Waals surface area contributed by atoms with Crippen LogP contribution in [-0.2, 0) is 14.8 Å². The summed E-state index contributed by atoms with van der Waals surface area (Å²) < 4.78 is 28.0. The van der Waals surface area contributed by atoms with Crippen LogP contribution in [0, 0.1) is 12.8 Å². The highest BCUT2D eigenvalue weighted by molar-refractivity contribution is 7.89. The van der Waals surface area contributed by atoms with E-state index in [2.05, 4.69) is 15.4 Å². The van der Waals surface area contributed by atoms with Gasteiger partial charge in [0.2, 0.25) is 15.9 Å². The van der Waals surface area contributed by atoms with E-state index in [9.17, 15) is 13.2 Å². The Hall–Kier alpha value is -1.44. The summed E-state index contributed by atoms with van der Waals surface area (Å²) in [5, 5.41) is 6.37. The molecule has 3 atom stereocenters. The molecule has 0 radical (unpaired) electrons. The van der Waals surface area contributed by atoms with Crippen LogP contribution in [0.2, 0.25) is 0 Å². The van der Waals surface area contributed by atoms with E-state index in [0.29, 0.717) is 6.42 Å². The minimum atomic E-state index is -3.75. The maximum Gasteiger partial charge on any atom is 0.241 e. The minimum Gasteiger partial charge on any atom is -0.350 e. The van der Waals surface area contributed by atoms with Crippen molar-refractivity contribution in [2.75, 3.05) is 6.54 Å². The van der Waals surface area contributed by atoms with Gasteiger partial charge in [0.05, 0.1) is 4.90 Å². The molecule has 146 valence electrons. The molecule has 6 nitrogen and oxygen atoms in total. The number of hydrogen-bond acceptors (Lipinski definition) is 4. The molecule has 0 saturated carbocycles. The maximum atomic E-state index is 12.8. The van der Waals surface area contributed by atoms with E-state index in [4.69, 9.17) is 0 Å². The van der Waals surface area contributed by atoms with Gasteiger partial charge in [-0.2, -0.15) is 4.72 Å². The molecule has 1 aliphatic rings. The van der Waals surface area contributed by atoms with Crippen LogP contribution in [0.25, 0.3) is 0 Å². The number of hydrogen-bond donors (Lipinski definition) is 3. The van der Waals surface area contributed by atoms with Gasteiger partial charge in [-0.1, -0.05) is 31.5 Å². The molecule has 0 aliphatic carbocycles. The average Bonchev–Trinajstić information content (AvgIpc) is 2.56. The Balaban J connectivity index is 2.12. The molecule has 1 saturated heterocycles. The lowest BCUT2D eigenvalue weighted by Gasteiger charge is -2.32. The predicted molar refractivity (Wildman–Crippen MR) is 103 cm³/mol. The monoisotopic (exact) mass is 381 g/mol. The van der Waals surface area contributed by atoms with Gasteiger partial charge >= 0.3 is 0 Å². The van der Waals surface area contributed by atoms with Gasteiger partial charge in [-0.25, -0.2) is 8.42 Å². The summed E-state index contributed by atoms with van der Waals surface area (Å²) in [6, 6.07) is 6.05. The molecular weight excluding hydrogens is 350 g/mol. The number of benzene rings is 1. The Bertz CT molecular complexity index is 701. The number of piperidine rings is 1. The van der Waals surface area contributed by atoms with Crippen molar-refractivity contribution >= 4 is 15.9 Å². The topological polar surface area (TPSA) is 87.3 Å².